The van der Waals surface area contributed by atoms with E-state index >= 15 is 0 Å². The number of allylic oxidation sites excluding steroid dienone is 15. The first kappa shape index (κ1) is 55.9. The Bertz CT molecular complexity index is 1340. The molecule has 0 saturated heterocycles. The molecule has 336 valence electrons. The number of phosphoric acid groups is 1. The lowest BCUT2D eigenvalue weighted by atomic mass is 10.1. The van der Waals surface area contributed by atoms with E-state index in [1.54, 1.807) is 0 Å². The highest BCUT2D eigenvalue weighted by atomic mass is 31.2. The smallest absolute Gasteiger partial charge is 0.306 e. The molecular formula is C48H80NO9P. The predicted octanol–water partition coefficient (Wildman–Crippen LogP) is 10.9. The molecule has 0 aromatic rings. The average molecular weight is 846 g/mol. The van der Waals surface area contributed by atoms with Crippen molar-refractivity contribution in [2.75, 3.05) is 47.5 Å². The summed E-state index contributed by atoms with van der Waals surface area (Å²) in [6.45, 7) is 3.90. The van der Waals surface area contributed by atoms with E-state index < -0.39 is 32.5 Å². The second-order valence-electron chi connectivity index (χ2n) is 15.5. The quantitative estimate of drug-likeness (QED) is 0.0161. The van der Waals surface area contributed by atoms with Gasteiger partial charge in [0, 0.05) is 12.8 Å². The lowest BCUT2D eigenvalue weighted by molar-refractivity contribution is -0.870. The van der Waals surface area contributed by atoms with E-state index in [2.05, 4.69) is 68.5 Å². The molecule has 0 aliphatic heterocycles. The van der Waals surface area contributed by atoms with Gasteiger partial charge in [0.05, 0.1) is 33.9 Å². The van der Waals surface area contributed by atoms with Crippen LogP contribution in [-0.2, 0) is 32.7 Å². The second kappa shape index (κ2) is 39.1. The fourth-order valence-corrected chi connectivity index (χ4v) is 5.89. The number of phosphoric ester groups is 1. The Kier molecular flexibility index (Phi) is 37.0. The van der Waals surface area contributed by atoms with Crippen LogP contribution in [-0.4, -0.2) is 81.2 Å². The Labute approximate surface area is 358 Å². The highest BCUT2D eigenvalue weighted by Gasteiger charge is 2.21. The Hall–Kier alpha value is -3.11. The van der Waals surface area contributed by atoms with Gasteiger partial charge >= 0.3 is 11.9 Å². The van der Waals surface area contributed by atoms with Gasteiger partial charge in [0.1, 0.15) is 19.8 Å². The van der Waals surface area contributed by atoms with Crippen LogP contribution in [0.4, 0.5) is 0 Å². The van der Waals surface area contributed by atoms with Crippen LogP contribution in [0, 0.1) is 0 Å². The maximum atomic E-state index is 12.7. The molecule has 0 aromatic heterocycles. The highest BCUT2D eigenvalue weighted by Crippen LogP contribution is 2.38. The molecule has 1 unspecified atom stereocenters. The summed E-state index contributed by atoms with van der Waals surface area (Å²) in [5.74, 6) is -1.00. The van der Waals surface area contributed by atoms with Crippen molar-refractivity contribution in [3.05, 3.63) is 97.2 Å². The van der Waals surface area contributed by atoms with Crippen molar-refractivity contribution in [3.63, 3.8) is 0 Å². The van der Waals surface area contributed by atoms with Crippen LogP contribution in [0.15, 0.2) is 97.2 Å². The first-order chi connectivity index (χ1) is 28.4. The van der Waals surface area contributed by atoms with E-state index in [-0.39, 0.29) is 32.2 Å². The normalized spacial score (nSPS) is 15.0. The molecule has 10 nitrogen and oxygen atoms in total. The Morgan fingerprint density at radius 2 is 1.12 bits per heavy atom. The summed E-state index contributed by atoms with van der Waals surface area (Å²) in [7, 11) is 1.05. The minimum Gasteiger partial charge on any atom is -0.756 e. The number of ether oxygens (including phenoxy) is 2. The fourth-order valence-electron chi connectivity index (χ4n) is 5.16. The third-order valence-corrected chi connectivity index (χ3v) is 9.64. The molecule has 0 radical (unpaired) electrons. The van der Waals surface area contributed by atoms with Crippen LogP contribution in [0.2, 0.25) is 0 Å². The third kappa shape index (κ3) is 42.8. The Morgan fingerprint density at radius 3 is 1.66 bits per heavy atom. The van der Waals surface area contributed by atoms with Gasteiger partial charge in [0.25, 0.3) is 7.82 Å². The van der Waals surface area contributed by atoms with Gasteiger partial charge in [-0.05, 0) is 77.0 Å². The number of aliphatic hydroxyl groups excluding tert-OH is 1. The number of hydrogen-bond donors (Lipinski definition) is 1. The van der Waals surface area contributed by atoms with Gasteiger partial charge in [0.2, 0.25) is 0 Å². The standard InChI is InChI=1S/C48H80NO9P/c1-6-8-10-11-12-13-14-15-16-17-18-19-22-25-28-31-35-39-47(51)55-43-46(44-57-59(53,54)56-42-41-49(3,4)5)58-48(52)40-36-32-29-26-23-20-21-24-27-30-34-38-45(50)37-33-9-7-2/h12-13,15-16,18-21,25-30,34,38,45-46,50H,6-11,14,17,22-24,31-33,35-37,39-44H2,1-5H3/b13-12-,16-15-,19-18-,21-20-,28-25-,29-26-,30-27-,38-34+/t45-,46+/m0/s1. The molecule has 0 bridgehead atoms. The molecule has 0 heterocycles. The first-order valence-corrected chi connectivity index (χ1v) is 23.5. The van der Waals surface area contributed by atoms with Crippen molar-refractivity contribution in [1.29, 1.82) is 0 Å². The maximum absolute atomic E-state index is 12.7. The molecule has 0 aliphatic rings. The summed E-state index contributed by atoms with van der Waals surface area (Å²) in [6.07, 6.45) is 47.7. The number of esters is 2. The number of likely N-dealkylation sites (N-methyl/N-ethyl adjacent to an activating group) is 1. The largest absolute Gasteiger partial charge is 0.756 e. The lowest BCUT2D eigenvalue weighted by Crippen LogP contribution is -2.37. The molecule has 0 amide bonds. The van der Waals surface area contributed by atoms with Gasteiger partial charge in [-0.15, -0.1) is 0 Å². The minimum absolute atomic E-state index is 0.0633. The molecule has 1 N–H and O–H groups in total. The molecular weight excluding hydrogens is 765 g/mol. The van der Waals surface area contributed by atoms with E-state index in [0.717, 1.165) is 64.2 Å². The van der Waals surface area contributed by atoms with Crippen molar-refractivity contribution in [3.8, 4) is 0 Å². The van der Waals surface area contributed by atoms with E-state index in [9.17, 15) is 24.2 Å². The van der Waals surface area contributed by atoms with E-state index in [0.29, 0.717) is 36.7 Å². The first-order valence-electron chi connectivity index (χ1n) is 22.1. The van der Waals surface area contributed by atoms with E-state index in [1.165, 1.54) is 19.3 Å². The number of nitrogens with zero attached hydrogens (tertiary/aromatic N) is 1. The molecule has 59 heavy (non-hydrogen) atoms. The van der Waals surface area contributed by atoms with Crippen LogP contribution in [0.3, 0.4) is 0 Å². The SMILES string of the molecule is CCCCC/C=C\C/C=C\C/C=C\C/C=C\CCCC(=O)OC[C@H](COP(=O)([O-])OCC[N+](C)(C)C)OC(=O)CCC/C=C\C/C=C\C/C=C\C=C\[C@@H](O)CCCCC. The maximum Gasteiger partial charge on any atom is 0.306 e. The molecule has 11 heteroatoms. The predicted molar refractivity (Wildman–Crippen MR) is 241 cm³/mol. The molecule has 0 rings (SSSR count). The van der Waals surface area contributed by atoms with Gasteiger partial charge in [-0.25, -0.2) is 0 Å². The zero-order chi connectivity index (χ0) is 43.7. The van der Waals surface area contributed by atoms with Gasteiger partial charge < -0.3 is 33.0 Å². The number of hydrogen-bond acceptors (Lipinski definition) is 9. The summed E-state index contributed by atoms with van der Waals surface area (Å²) in [6, 6.07) is 0. The van der Waals surface area contributed by atoms with Crippen molar-refractivity contribution >= 4 is 19.8 Å². The van der Waals surface area contributed by atoms with Crippen LogP contribution in [0.5, 0.6) is 0 Å². The van der Waals surface area contributed by atoms with Crippen LogP contribution < -0.4 is 4.89 Å². The minimum atomic E-state index is -4.67. The van der Waals surface area contributed by atoms with Gasteiger partial charge in [-0.1, -0.05) is 143 Å². The van der Waals surface area contributed by atoms with Gasteiger partial charge in [-0.2, -0.15) is 0 Å². The summed E-state index contributed by atoms with van der Waals surface area (Å²) >= 11 is 0. The van der Waals surface area contributed by atoms with Crippen molar-refractivity contribution < 1.29 is 47.2 Å². The van der Waals surface area contributed by atoms with Crippen LogP contribution in [0.25, 0.3) is 0 Å². The summed E-state index contributed by atoms with van der Waals surface area (Å²) in [5, 5.41) is 9.91. The average Bonchev–Trinajstić information content (AvgIpc) is 3.18. The van der Waals surface area contributed by atoms with Crippen LogP contribution >= 0.6 is 7.82 Å². The van der Waals surface area contributed by atoms with Gasteiger partial charge in [0.15, 0.2) is 6.10 Å². The monoisotopic (exact) mass is 846 g/mol. The van der Waals surface area contributed by atoms with Crippen molar-refractivity contribution in [1.82, 2.24) is 0 Å². The van der Waals surface area contributed by atoms with Crippen molar-refractivity contribution in [2.24, 2.45) is 0 Å². The molecule has 0 spiro atoms. The third-order valence-electron chi connectivity index (χ3n) is 8.68. The zero-order valence-electron chi connectivity index (χ0n) is 37.3. The number of quaternary nitrogens is 1. The zero-order valence-corrected chi connectivity index (χ0v) is 38.2. The molecule has 3 atom stereocenters. The number of aliphatic hydroxyl groups is 1. The van der Waals surface area contributed by atoms with E-state index in [1.807, 2.05) is 63.7 Å². The van der Waals surface area contributed by atoms with Gasteiger partial charge in [-0.3, -0.25) is 14.2 Å². The molecule has 0 aliphatic carbocycles. The summed E-state index contributed by atoms with van der Waals surface area (Å²) in [5.41, 5.74) is 0. The molecule has 0 fully saturated rings. The summed E-state index contributed by atoms with van der Waals surface area (Å²) < 4.78 is 33.7. The topological polar surface area (TPSA) is 131 Å². The lowest BCUT2D eigenvalue weighted by Gasteiger charge is -2.28. The second-order valence-corrected chi connectivity index (χ2v) is 17.0. The molecule has 0 aromatic carbocycles. The highest BCUT2D eigenvalue weighted by molar-refractivity contribution is 7.45. The number of unbranched alkanes of at least 4 members (excludes halogenated alkanes) is 7. The number of rotatable bonds is 38. The number of carbonyl (C=O) groups is 2. The van der Waals surface area contributed by atoms with Crippen LogP contribution in [0.1, 0.15) is 136 Å². The number of carbonyl (C=O) groups excluding carboxylic acids is 2. The Morgan fingerprint density at radius 1 is 0.627 bits per heavy atom. The fraction of sp³-hybridized carbons (Fsp3) is 0.625. The Balaban J connectivity index is 4.62. The molecule has 0 saturated carbocycles. The summed E-state index contributed by atoms with van der Waals surface area (Å²) in [4.78, 5) is 37.5. The van der Waals surface area contributed by atoms with E-state index in [4.69, 9.17) is 18.5 Å². The van der Waals surface area contributed by atoms with Crippen molar-refractivity contribution in [2.45, 2.75) is 148 Å².